The summed E-state index contributed by atoms with van der Waals surface area (Å²) in [6.07, 6.45) is 3.09. The molecule has 3 heterocycles. The maximum Gasteiger partial charge on any atom is 0.253 e. The minimum atomic E-state index is -0.752. The number of piperidine rings is 1. The molecule has 35 heavy (non-hydrogen) atoms. The second-order valence-corrected chi connectivity index (χ2v) is 9.55. The molecule has 0 N–H and O–H groups in total. The third-order valence-corrected chi connectivity index (χ3v) is 7.56. The largest absolute Gasteiger partial charge is 0.497 e. The fourth-order valence-corrected chi connectivity index (χ4v) is 5.57. The van der Waals surface area contributed by atoms with Crippen molar-refractivity contribution in [3.05, 3.63) is 60.2 Å². The summed E-state index contributed by atoms with van der Waals surface area (Å²) in [6.45, 7) is 2.98. The number of hydrogen-bond donors (Lipinski definition) is 0. The Morgan fingerprint density at radius 1 is 0.914 bits per heavy atom. The van der Waals surface area contributed by atoms with Crippen molar-refractivity contribution in [1.29, 1.82) is 0 Å². The number of para-hydroxylation sites is 1. The summed E-state index contributed by atoms with van der Waals surface area (Å²) in [6, 6.07) is 17.1. The van der Waals surface area contributed by atoms with E-state index in [0.717, 1.165) is 31.6 Å². The normalized spacial score (nSPS) is 19.5. The van der Waals surface area contributed by atoms with Gasteiger partial charge in [0.05, 0.1) is 13.8 Å². The third kappa shape index (κ3) is 4.33. The molecule has 3 saturated heterocycles. The maximum absolute atomic E-state index is 13.8. The van der Waals surface area contributed by atoms with E-state index in [1.807, 2.05) is 52.3 Å². The van der Waals surface area contributed by atoms with Gasteiger partial charge in [0, 0.05) is 37.4 Å². The average molecular weight is 477 g/mol. The van der Waals surface area contributed by atoms with Crippen molar-refractivity contribution < 1.29 is 19.1 Å². The molecule has 0 aliphatic carbocycles. The molecule has 184 valence electrons. The van der Waals surface area contributed by atoms with Gasteiger partial charge in [-0.15, -0.1) is 0 Å². The average Bonchev–Trinajstić information content (AvgIpc) is 3.53. The van der Waals surface area contributed by atoms with E-state index in [1.54, 1.807) is 24.1 Å². The van der Waals surface area contributed by atoms with E-state index in [4.69, 9.17) is 4.74 Å². The Bertz CT molecular complexity index is 1090. The van der Waals surface area contributed by atoms with Crippen LogP contribution in [0.5, 0.6) is 5.75 Å². The molecule has 5 rings (SSSR count). The van der Waals surface area contributed by atoms with Gasteiger partial charge < -0.3 is 24.3 Å². The lowest BCUT2D eigenvalue weighted by atomic mass is 9.85. The van der Waals surface area contributed by atoms with Crippen LogP contribution in [0.15, 0.2) is 54.6 Å². The lowest BCUT2D eigenvalue weighted by Crippen LogP contribution is -2.57. The summed E-state index contributed by atoms with van der Waals surface area (Å²) in [4.78, 5) is 47.4. The monoisotopic (exact) mass is 476 g/mol. The summed E-state index contributed by atoms with van der Waals surface area (Å²) >= 11 is 0. The van der Waals surface area contributed by atoms with Gasteiger partial charge in [0.2, 0.25) is 5.91 Å². The SMILES string of the molecule is COc1cccc(C(=O)N2CCC3(CC2)C(=O)N(CC(=O)N2CCCC2)CN3c2ccccc2)c1. The van der Waals surface area contributed by atoms with Crippen molar-refractivity contribution in [2.24, 2.45) is 0 Å². The summed E-state index contributed by atoms with van der Waals surface area (Å²) < 4.78 is 5.27. The van der Waals surface area contributed by atoms with Crippen molar-refractivity contribution >= 4 is 23.4 Å². The molecule has 3 amide bonds. The molecule has 2 aromatic rings. The minimum Gasteiger partial charge on any atom is -0.497 e. The van der Waals surface area contributed by atoms with Gasteiger partial charge in [-0.05, 0) is 56.0 Å². The molecule has 0 saturated carbocycles. The van der Waals surface area contributed by atoms with Crippen LogP contribution in [0.2, 0.25) is 0 Å². The molecule has 3 aliphatic rings. The number of anilines is 1. The third-order valence-electron chi connectivity index (χ3n) is 7.56. The first kappa shape index (κ1) is 23.2. The molecule has 0 radical (unpaired) electrons. The first-order valence-electron chi connectivity index (χ1n) is 12.3. The molecule has 0 atom stereocenters. The molecule has 1 spiro atoms. The van der Waals surface area contributed by atoms with Crippen LogP contribution in [-0.2, 0) is 9.59 Å². The molecule has 0 bridgehead atoms. The first-order valence-corrected chi connectivity index (χ1v) is 12.3. The van der Waals surface area contributed by atoms with Crippen LogP contribution in [0.25, 0.3) is 0 Å². The predicted octanol–water partition coefficient (Wildman–Crippen LogP) is 2.60. The van der Waals surface area contributed by atoms with E-state index >= 15 is 0 Å². The van der Waals surface area contributed by atoms with Crippen LogP contribution < -0.4 is 9.64 Å². The van der Waals surface area contributed by atoms with Gasteiger partial charge in [0.25, 0.3) is 11.8 Å². The second-order valence-electron chi connectivity index (χ2n) is 9.55. The Morgan fingerprint density at radius 2 is 1.63 bits per heavy atom. The van der Waals surface area contributed by atoms with Gasteiger partial charge in [-0.3, -0.25) is 14.4 Å². The van der Waals surface area contributed by atoms with Gasteiger partial charge in [-0.2, -0.15) is 0 Å². The number of amides is 3. The van der Waals surface area contributed by atoms with Crippen LogP contribution in [0.1, 0.15) is 36.0 Å². The summed E-state index contributed by atoms with van der Waals surface area (Å²) in [5.41, 5.74) is 0.790. The minimum absolute atomic E-state index is 0.0117. The topological polar surface area (TPSA) is 73.4 Å². The lowest BCUT2D eigenvalue weighted by molar-refractivity contribution is -0.140. The van der Waals surface area contributed by atoms with E-state index in [9.17, 15) is 14.4 Å². The number of carbonyl (C=O) groups is 3. The second kappa shape index (κ2) is 9.60. The van der Waals surface area contributed by atoms with Crippen molar-refractivity contribution in [3.8, 4) is 5.75 Å². The van der Waals surface area contributed by atoms with Crippen molar-refractivity contribution in [1.82, 2.24) is 14.7 Å². The highest BCUT2D eigenvalue weighted by atomic mass is 16.5. The quantitative estimate of drug-likeness (QED) is 0.663. The van der Waals surface area contributed by atoms with Gasteiger partial charge in [-0.1, -0.05) is 24.3 Å². The maximum atomic E-state index is 13.8. The Labute approximate surface area is 206 Å². The first-order chi connectivity index (χ1) is 17.0. The number of likely N-dealkylation sites (tertiary alicyclic amines) is 2. The van der Waals surface area contributed by atoms with Crippen LogP contribution >= 0.6 is 0 Å². The summed E-state index contributed by atoms with van der Waals surface area (Å²) in [7, 11) is 1.58. The zero-order valence-corrected chi connectivity index (χ0v) is 20.2. The molecule has 8 nitrogen and oxygen atoms in total. The van der Waals surface area contributed by atoms with Gasteiger partial charge in [0.15, 0.2) is 0 Å². The van der Waals surface area contributed by atoms with Gasteiger partial charge >= 0.3 is 0 Å². The van der Waals surface area contributed by atoms with Crippen LogP contribution in [0.4, 0.5) is 5.69 Å². The van der Waals surface area contributed by atoms with Crippen LogP contribution in [0, 0.1) is 0 Å². The molecule has 0 aromatic heterocycles. The Hall–Kier alpha value is -3.55. The van der Waals surface area contributed by atoms with Gasteiger partial charge in [0.1, 0.15) is 17.8 Å². The predicted molar refractivity (Wildman–Crippen MR) is 132 cm³/mol. The van der Waals surface area contributed by atoms with E-state index in [-0.39, 0.29) is 24.3 Å². The molecule has 0 unspecified atom stereocenters. The number of methoxy groups -OCH3 is 1. The van der Waals surface area contributed by atoms with E-state index in [2.05, 4.69) is 4.90 Å². The highest BCUT2D eigenvalue weighted by molar-refractivity contribution is 5.98. The Kier molecular flexibility index (Phi) is 6.36. The number of nitrogens with zero attached hydrogens (tertiary/aromatic N) is 4. The van der Waals surface area contributed by atoms with Gasteiger partial charge in [-0.25, -0.2) is 0 Å². The fourth-order valence-electron chi connectivity index (χ4n) is 5.57. The standard InChI is InChI=1S/C27H32N4O4/c1-35-23-11-7-8-21(18-23)25(33)29-16-12-27(13-17-29)26(34)30(19-24(32)28-14-5-6-15-28)20-31(27)22-9-3-2-4-10-22/h2-4,7-11,18H,5-6,12-17,19-20H2,1H3. The molecular formula is C27H32N4O4. The summed E-state index contributed by atoms with van der Waals surface area (Å²) in [5.74, 6) is 0.592. The van der Waals surface area contributed by atoms with Crippen LogP contribution in [-0.4, -0.2) is 84.5 Å². The Morgan fingerprint density at radius 3 is 2.31 bits per heavy atom. The molecule has 3 fully saturated rings. The number of hydrogen-bond acceptors (Lipinski definition) is 5. The number of benzene rings is 2. The van der Waals surface area contributed by atoms with Crippen molar-refractivity contribution in [2.45, 2.75) is 31.2 Å². The molecule has 2 aromatic carbocycles. The Balaban J connectivity index is 1.35. The fraction of sp³-hybridized carbons (Fsp3) is 0.444. The molecule has 8 heteroatoms. The number of rotatable bonds is 5. The van der Waals surface area contributed by atoms with Crippen molar-refractivity contribution in [3.63, 3.8) is 0 Å². The van der Waals surface area contributed by atoms with E-state index in [0.29, 0.717) is 43.9 Å². The number of ether oxygens (including phenoxy) is 1. The molecular weight excluding hydrogens is 444 g/mol. The number of carbonyl (C=O) groups excluding carboxylic acids is 3. The zero-order chi connectivity index (χ0) is 24.4. The van der Waals surface area contributed by atoms with Crippen LogP contribution in [0.3, 0.4) is 0 Å². The smallest absolute Gasteiger partial charge is 0.253 e. The highest BCUT2D eigenvalue weighted by Gasteiger charge is 2.54. The highest BCUT2D eigenvalue weighted by Crippen LogP contribution is 2.39. The summed E-state index contributed by atoms with van der Waals surface area (Å²) in [5, 5.41) is 0. The van der Waals surface area contributed by atoms with Crippen molar-refractivity contribution in [2.75, 3.05) is 51.4 Å². The van der Waals surface area contributed by atoms with E-state index < -0.39 is 5.54 Å². The lowest BCUT2D eigenvalue weighted by Gasteiger charge is -2.43. The van der Waals surface area contributed by atoms with E-state index in [1.165, 1.54) is 0 Å². The zero-order valence-electron chi connectivity index (χ0n) is 20.2. The molecule has 3 aliphatic heterocycles.